The second-order valence-electron chi connectivity index (χ2n) is 0. The molecule has 0 heterocycles. The first-order valence-corrected chi connectivity index (χ1v) is 0. The van der Waals surface area contributed by atoms with Crippen molar-refractivity contribution in [3.63, 3.8) is 0 Å². The molecule has 0 nitrogen and oxygen atoms in total. The maximum absolute atomic E-state index is 0. The van der Waals surface area contributed by atoms with Crippen LogP contribution in [0.25, 0.3) is 0 Å². The first-order valence-electron chi connectivity index (χ1n) is 0. The fourth-order valence-electron chi connectivity index (χ4n) is 0. The van der Waals surface area contributed by atoms with Crippen LogP contribution in [0.5, 0.6) is 0 Å². The fraction of sp³-hybridized carbons (Fsp3) is 0. The van der Waals surface area contributed by atoms with Gasteiger partial charge in [-0.05, 0) is 0 Å². The Morgan fingerprint density at radius 1 is 1.00 bits per heavy atom. The molecule has 0 amide bonds. The molecule has 21 valence electrons. The average molecular weight is 231 g/mol. The zero-order valence-corrected chi connectivity index (χ0v) is 13.2. The summed E-state index contributed by atoms with van der Waals surface area (Å²) < 4.78 is 0. The van der Waals surface area contributed by atoms with Crippen molar-refractivity contribution >= 4 is 98.5 Å². The van der Waals surface area contributed by atoms with E-state index in [0.29, 0.717) is 0 Å². The molecule has 0 bridgehead atoms. The van der Waals surface area contributed by atoms with Gasteiger partial charge in [0, 0.05) is 36.5 Å². The second-order valence-corrected chi connectivity index (χ2v) is 0. The van der Waals surface area contributed by atoms with Crippen molar-refractivity contribution in [2.45, 2.75) is 0 Å². The molecule has 0 rings (SSSR count). The molecule has 0 fully saturated rings. The van der Waals surface area contributed by atoms with E-state index in [1.54, 1.807) is 0 Å². The van der Waals surface area contributed by atoms with Crippen LogP contribution in [0.1, 0.15) is 8.56 Å². The van der Waals surface area contributed by atoms with Crippen LogP contribution in [-0.4, -0.2) is 98.5 Å². The van der Waals surface area contributed by atoms with Crippen LogP contribution in [0.15, 0.2) is 0 Å². The molecule has 0 saturated carbocycles. The van der Waals surface area contributed by atoms with E-state index in [9.17, 15) is 0 Å². The quantitative estimate of drug-likeness (QED) is 0.494. The van der Waals surface area contributed by atoms with E-state index in [1.807, 2.05) is 0 Å². The minimum Gasteiger partial charge on any atom is -1.00 e. The molecule has 1 radical (unpaired) electrons. The maximum atomic E-state index is 0. The Bertz CT molecular complexity index is 20.5. The van der Waals surface area contributed by atoms with E-state index in [4.69, 9.17) is 0 Å². The molecule has 0 N–H and O–H groups in total. The molecule has 0 aromatic heterocycles. The molecule has 0 aromatic rings. The smallest absolute Gasteiger partial charge is 1.00 e. The van der Waals surface area contributed by atoms with Gasteiger partial charge in [-0.15, -0.1) is 0 Å². The van der Waals surface area contributed by atoms with Gasteiger partial charge in [0.2, 0.25) is 0 Å². The van der Waals surface area contributed by atoms with Crippen molar-refractivity contribution in [3.05, 3.63) is 0 Å². The van der Waals surface area contributed by atoms with E-state index in [0.717, 1.165) is 0 Å². The molecule has 0 saturated heterocycles. The summed E-state index contributed by atoms with van der Waals surface area (Å²) >= 11 is 0. The third-order valence-electron chi connectivity index (χ3n) is 0. The Hall–Kier alpha value is 4.43. The third-order valence-corrected chi connectivity index (χ3v) is 0. The Balaban J connectivity index is 0. The fourth-order valence-corrected chi connectivity index (χ4v) is 0. The van der Waals surface area contributed by atoms with E-state index in [2.05, 4.69) is 0 Å². The number of rotatable bonds is 0. The minimum atomic E-state index is 0. The van der Waals surface area contributed by atoms with Crippen molar-refractivity contribution in [3.8, 4) is 0 Å². The summed E-state index contributed by atoms with van der Waals surface area (Å²) in [5.74, 6) is 0. The van der Waals surface area contributed by atoms with Gasteiger partial charge in [0.15, 0.2) is 0 Å². The molecular weight excluding hydrogens is 225 g/mol. The predicted octanol–water partition coefficient (Wildman–Crippen LogP) is -0.472. The molecule has 0 aromatic carbocycles. The maximum Gasteiger partial charge on any atom is 2.00 e. The van der Waals surface area contributed by atoms with Crippen molar-refractivity contribution in [1.82, 2.24) is 0 Å². The van der Waals surface area contributed by atoms with Gasteiger partial charge in [0.05, 0.1) is 0 Å². The number of hydrogen-bond acceptors (Lipinski definition) is 0. The van der Waals surface area contributed by atoms with Crippen LogP contribution in [0.2, 0.25) is 0 Å². The summed E-state index contributed by atoms with van der Waals surface area (Å²) in [6.07, 6.45) is 0. The first kappa shape index (κ1) is 34.2. The average Bonchev–Trinajstić information content (AvgIpc) is 0. The normalized spacial score (nSPS) is 0. The summed E-state index contributed by atoms with van der Waals surface area (Å²) in [7, 11) is 0. The summed E-state index contributed by atoms with van der Waals surface area (Å²) in [4.78, 5) is 0. The van der Waals surface area contributed by atoms with Crippen LogP contribution in [-0.2, 0) is 36.5 Å². The van der Waals surface area contributed by atoms with Gasteiger partial charge >= 0.3 is 98.5 Å². The van der Waals surface area contributed by atoms with E-state index in [-0.39, 0.29) is 144 Å². The van der Waals surface area contributed by atoms with Gasteiger partial charge < -0.3 is 8.56 Å². The summed E-state index contributed by atoms with van der Waals surface area (Å²) in [6.45, 7) is 0. The van der Waals surface area contributed by atoms with Crippen molar-refractivity contribution in [2.75, 3.05) is 0 Å². The zero-order chi connectivity index (χ0) is 0. The van der Waals surface area contributed by atoms with Crippen LogP contribution < -0.4 is 0 Å². The van der Waals surface area contributed by atoms with Crippen molar-refractivity contribution in [1.29, 1.82) is 0 Å². The van der Waals surface area contributed by atoms with Crippen LogP contribution >= 0.6 is 0 Å². The Morgan fingerprint density at radius 2 is 1.00 bits per heavy atom. The van der Waals surface area contributed by atoms with Gasteiger partial charge in [0.1, 0.15) is 0 Å². The van der Waals surface area contributed by atoms with Crippen LogP contribution in [0.3, 0.4) is 0 Å². The minimum absolute atomic E-state index is 0. The largest absolute Gasteiger partial charge is 2.00 e. The Morgan fingerprint density at radius 3 is 1.00 bits per heavy atom. The summed E-state index contributed by atoms with van der Waals surface area (Å²) in [6, 6.07) is 0. The molecule has 0 atom stereocenters. The molecule has 0 spiro atoms. The Kier molecular flexibility index (Phi) is 162. The van der Waals surface area contributed by atoms with E-state index in [1.165, 1.54) is 0 Å². The van der Waals surface area contributed by atoms with E-state index < -0.39 is 0 Å². The summed E-state index contributed by atoms with van der Waals surface area (Å²) in [5.41, 5.74) is 0. The molecular formula is H6Ca2MgMnZn. The molecule has 5 heavy (non-hydrogen) atoms. The topological polar surface area (TPSA) is 0 Å². The van der Waals surface area contributed by atoms with E-state index >= 15 is 0 Å². The zero-order valence-electron chi connectivity index (χ0n) is 9.21. The van der Waals surface area contributed by atoms with Gasteiger partial charge in [-0.3, -0.25) is 0 Å². The Labute approximate surface area is 140 Å². The van der Waals surface area contributed by atoms with Crippen LogP contribution in [0, 0.1) is 0 Å². The first-order chi connectivity index (χ1) is 0. The molecule has 0 aliphatic heterocycles. The standard InChI is InChI=1S/2Ca.Mg.Mn.Zn.6H/q3*+2;;;6*-1. The third kappa shape index (κ3) is 17.8. The second kappa shape index (κ2) is 23.7. The monoisotopic (exact) mass is 229 g/mol. The SMILES string of the molecule is [Ca+2].[Ca+2].[H-].[H-].[H-].[H-].[H-].[H-].[Mg+2].[Mn].[Zn]. The molecule has 0 aliphatic rings. The number of hydrogen-bond donors (Lipinski definition) is 0. The molecule has 0 unspecified atom stereocenters. The molecule has 5 heteroatoms. The molecule has 0 aliphatic carbocycles. The van der Waals surface area contributed by atoms with Crippen molar-refractivity contribution < 1.29 is 45.1 Å². The van der Waals surface area contributed by atoms with Gasteiger partial charge in [-0.1, -0.05) is 0 Å². The van der Waals surface area contributed by atoms with Crippen LogP contribution in [0.4, 0.5) is 0 Å². The van der Waals surface area contributed by atoms with Gasteiger partial charge in [-0.25, -0.2) is 0 Å². The predicted molar refractivity (Wildman–Crippen MR) is 23.9 cm³/mol. The van der Waals surface area contributed by atoms with Crippen molar-refractivity contribution in [2.24, 2.45) is 0 Å². The van der Waals surface area contributed by atoms with Gasteiger partial charge in [-0.2, -0.15) is 0 Å². The summed E-state index contributed by atoms with van der Waals surface area (Å²) in [5, 5.41) is 0. The van der Waals surface area contributed by atoms with Gasteiger partial charge in [0.25, 0.3) is 0 Å².